The van der Waals surface area contributed by atoms with E-state index in [2.05, 4.69) is 15.6 Å². The van der Waals surface area contributed by atoms with E-state index in [-0.39, 0.29) is 0 Å². The first-order valence-electron chi connectivity index (χ1n) is 2.31. The Morgan fingerprint density at radius 2 is 2.38 bits per heavy atom. The second-order valence-electron chi connectivity index (χ2n) is 1.58. The summed E-state index contributed by atoms with van der Waals surface area (Å²) in [6.07, 6.45) is 1.89. The summed E-state index contributed by atoms with van der Waals surface area (Å²) in [7, 11) is 0. The van der Waals surface area contributed by atoms with Gasteiger partial charge in [0.15, 0.2) is 0 Å². The maximum atomic E-state index is 3.08. The Kier molecular flexibility index (Phi) is 0.700. The van der Waals surface area contributed by atoms with Gasteiger partial charge in [0.05, 0.1) is 11.4 Å². The molecule has 0 aromatic carbocycles. The summed E-state index contributed by atoms with van der Waals surface area (Å²) in [5, 5.41) is 2.02. The normalized spacial score (nSPS) is 22.0. The van der Waals surface area contributed by atoms with Crippen LogP contribution < -0.4 is 15.6 Å². The molecule has 0 aliphatic carbocycles. The summed E-state index contributed by atoms with van der Waals surface area (Å²) >= 11 is 1.58. The van der Waals surface area contributed by atoms with E-state index in [0.717, 1.165) is 11.4 Å². The smallest absolute Gasteiger partial charge is 0.0880 e. The van der Waals surface area contributed by atoms with Crippen molar-refractivity contribution in [1.82, 2.24) is 15.6 Å². The summed E-state index contributed by atoms with van der Waals surface area (Å²) in [6, 6.07) is 0. The van der Waals surface area contributed by atoms with Gasteiger partial charge < -0.3 is 10.1 Å². The zero-order valence-corrected chi connectivity index (χ0v) is 4.88. The highest BCUT2D eigenvalue weighted by atomic mass is 32.2. The van der Waals surface area contributed by atoms with E-state index >= 15 is 0 Å². The van der Waals surface area contributed by atoms with E-state index in [4.69, 9.17) is 0 Å². The highest BCUT2D eigenvalue weighted by Crippen LogP contribution is 2.20. The van der Waals surface area contributed by atoms with Crippen molar-refractivity contribution in [3.8, 4) is 0 Å². The predicted octanol–water partition coefficient (Wildman–Crippen LogP) is 0.0284. The van der Waals surface area contributed by atoms with Crippen LogP contribution in [0.15, 0.2) is 23.0 Å². The molecular weight excluding hydrogens is 122 g/mol. The number of nitrogens with one attached hydrogen (secondary N) is 3. The van der Waals surface area contributed by atoms with Gasteiger partial charge in [-0.15, -0.1) is 0 Å². The van der Waals surface area contributed by atoms with E-state index in [1.54, 1.807) is 11.9 Å². The maximum absolute atomic E-state index is 3.08. The number of hydrogen-bond donors (Lipinski definition) is 3. The van der Waals surface area contributed by atoms with Crippen molar-refractivity contribution < 1.29 is 0 Å². The first-order chi connectivity index (χ1) is 3.97. The van der Waals surface area contributed by atoms with E-state index in [1.807, 2.05) is 11.6 Å². The fourth-order valence-electron chi connectivity index (χ4n) is 0.660. The second-order valence-corrected chi connectivity index (χ2v) is 2.25. The molecule has 0 aromatic rings. The molecule has 0 spiro atoms. The molecule has 42 valence electrons. The van der Waals surface area contributed by atoms with Crippen molar-refractivity contribution in [1.29, 1.82) is 0 Å². The first-order valence-corrected chi connectivity index (χ1v) is 3.19. The lowest BCUT2D eigenvalue weighted by Gasteiger charge is -1.92. The van der Waals surface area contributed by atoms with Crippen molar-refractivity contribution in [3.63, 3.8) is 0 Å². The van der Waals surface area contributed by atoms with Crippen molar-refractivity contribution >= 4 is 11.9 Å². The van der Waals surface area contributed by atoms with E-state index < -0.39 is 0 Å². The van der Waals surface area contributed by atoms with Crippen molar-refractivity contribution in [3.05, 3.63) is 23.0 Å². The van der Waals surface area contributed by atoms with Gasteiger partial charge in [0.25, 0.3) is 0 Å². The van der Waals surface area contributed by atoms with Crippen LogP contribution in [0.1, 0.15) is 0 Å². The van der Waals surface area contributed by atoms with Gasteiger partial charge in [-0.3, -0.25) is 5.43 Å². The van der Waals surface area contributed by atoms with Gasteiger partial charge in [-0.25, -0.2) is 0 Å². The van der Waals surface area contributed by atoms with Crippen molar-refractivity contribution in [2.75, 3.05) is 0 Å². The minimum Gasteiger partial charge on any atom is -0.323 e. The summed E-state index contributed by atoms with van der Waals surface area (Å²) in [5.41, 5.74) is 8.09. The largest absolute Gasteiger partial charge is 0.323 e. The van der Waals surface area contributed by atoms with Crippen molar-refractivity contribution in [2.45, 2.75) is 0 Å². The van der Waals surface area contributed by atoms with Crippen LogP contribution >= 0.6 is 11.9 Å². The molecule has 0 saturated heterocycles. The Labute approximate surface area is 51.3 Å². The molecule has 0 radical (unpaired) electrons. The van der Waals surface area contributed by atoms with Crippen LogP contribution in [-0.2, 0) is 0 Å². The molecule has 0 amide bonds. The SMILES string of the molecule is C1=C2NNC=C2NS1. The second kappa shape index (κ2) is 1.35. The molecule has 0 bridgehead atoms. The molecule has 2 aliphatic heterocycles. The Morgan fingerprint density at radius 1 is 1.38 bits per heavy atom. The topological polar surface area (TPSA) is 36.1 Å². The fraction of sp³-hybridized carbons (Fsp3) is 0. The molecule has 3 nitrogen and oxygen atoms in total. The molecule has 2 aliphatic rings. The van der Waals surface area contributed by atoms with Crippen LogP contribution in [-0.4, -0.2) is 0 Å². The minimum absolute atomic E-state index is 1.13. The number of fused-ring (bicyclic) bond motifs is 1. The van der Waals surface area contributed by atoms with Gasteiger partial charge in [0, 0.05) is 11.6 Å². The molecule has 0 atom stereocenters. The maximum Gasteiger partial charge on any atom is 0.0880 e. The third-order valence-electron chi connectivity index (χ3n) is 1.06. The average molecular weight is 127 g/mol. The number of hydrogen-bond acceptors (Lipinski definition) is 4. The van der Waals surface area contributed by atoms with Crippen LogP contribution in [0.4, 0.5) is 0 Å². The van der Waals surface area contributed by atoms with E-state index in [0.29, 0.717) is 0 Å². The highest BCUT2D eigenvalue weighted by molar-refractivity contribution is 8.00. The van der Waals surface area contributed by atoms with Gasteiger partial charge in [-0.1, -0.05) is 0 Å². The third kappa shape index (κ3) is 0.403. The molecule has 0 unspecified atom stereocenters. The Bertz CT molecular complexity index is 152. The molecule has 0 fully saturated rings. The van der Waals surface area contributed by atoms with E-state index in [1.165, 1.54) is 0 Å². The van der Waals surface area contributed by atoms with Gasteiger partial charge in [-0.05, 0) is 11.9 Å². The lowest BCUT2D eigenvalue weighted by atomic mass is 10.4. The lowest BCUT2D eigenvalue weighted by Crippen LogP contribution is -2.18. The molecule has 2 heterocycles. The number of rotatable bonds is 0. The Morgan fingerprint density at radius 3 is 3.25 bits per heavy atom. The van der Waals surface area contributed by atoms with Gasteiger partial charge in [0.1, 0.15) is 0 Å². The standard InChI is InChI=1S/C4H5N3S/c1-3-4(6-5-1)2-8-7-3/h1-2,5-7H. The molecule has 8 heavy (non-hydrogen) atoms. The Balaban J connectivity index is 2.37. The summed E-state index contributed by atoms with van der Waals surface area (Å²) in [4.78, 5) is 0. The van der Waals surface area contributed by atoms with Crippen LogP contribution in [0.25, 0.3) is 0 Å². The predicted molar refractivity (Wildman–Crippen MR) is 33.2 cm³/mol. The zero-order chi connectivity index (χ0) is 5.40. The van der Waals surface area contributed by atoms with Crippen LogP contribution in [0.3, 0.4) is 0 Å². The highest BCUT2D eigenvalue weighted by Gasteiger charge is 2.14. The first kappa shape index (κ1) is 4.14. The molecule has 0 saturated carbocycles. The van der Waals surface area contributed by atoms with Gasteiger partial charge in [-0.2, -0.15) is 0 Å². The molecule has 0 aromatic heterocycles. The van der Waals surface area contributed by atoms with Crippen molar-refractivity contribution in [2.24, 2.45) is 0 Å². The zero-order valence-electron chi connectivity index (χ0n) is 4.06. The number of hydrazine groups is 1. The summed E-state index contributed by atoms with van der Waals surface area (Å²) < 4.78 is 3.08. The van der Waals surface area contributed by atoms with E-state index in [9.17, 15) is 0 Å². The molecule has 3 N–H and O–H groups in total. The van der Waals surface area contributed by atoms with Crippen LogP contribution in [0.2, 0.25) is 0 Å². The fourth-order valence-corrected chi connectivity index (χ4v) is 1.32. The molecular formula is C4H5N3S. The summed E-state index contributed by atoms with van der Waals surface area (Å²) in [6.45, 7) is 0. The van der Waals surface area contributed by atoms with Crippen LogP contribution in [0, 0.1) is 0 Å². The quantitative estimate of drug-likeness (QED) is 0.401. The van der Waals surface area contributed by atoms with Crippen LogP contribution in [0.5, 0.6) is 0 Å². The third-order valence-corrected chi connectivity index (χ3v) is 1.75. The Hall–Kier alpha value is -0.770. The molecule has 2 rings (SSSR count). The summed E-state index contributed by atoms with van der Waals surface area (Å²) in [5.74, 6) is 0. The monoisotopic (exact) mass is 127 g/mol. The molecule has 4 heteroatoms. The lowest BCUT2D eigenvalue weighted by molar-refractivity contribution is 0.786. The minimum atomic E-state index is 1.13. The average Bonchev–Trinajstić information content (AvgIpc) is 2.15. The van der Waals surface area contributed by atoms with Gasteiger partial charge >= 0.3 is 0 Å². The van der Waals surface area contributed by atoms with Gasteiger partial charge in [0.2, 0.25) is 0 Å².